The average molecular weight is 414 g/mol. The molecule has 0 aliphatic carbocycles. The van der Waals surface area contributed by atoms with E-state index in [1.807, 2.05) is 4.90 Å². The molecule has 1 saturated heterocycles. The van der Waals surface area contributed by atoms with Crippen molar-refractivity contribution in [1.82, 2.24) is 0 Å². The number of nitrogens with one attached hydrogen (secondary N) is 1. The zero-order valence-electron chi connectivity index (χ0n) is 16.4. The molecule has 1 aliphatic heterocycles. The first-order chi connectivity index (χ1) is 14.6. The second kappa shape index (κ2) is 10.2. The van der Waals surface area contributed by atoms with Gasteiger partial charge in [0.1, 0.15) is 11.4 Å². The lowest BCUT2D eigenvalue weighted by Gasteiger charge is -2.28. The van der Waals surface area contributed by atoms with Gasteiger partial charge in [-0.3, -0.25) is 14.9 Å². The van der Waals surface area contributed by atoms with Gasteiger partial charge in [-0.2, -0.15) is 0 Å². The van der Waals surface area contributed by atoms with Crippen molar-refractivity contribution in [3.63, 3.8) is 0 Å². The molecule has 0 radical (unpaired) electrons. The zero-order chi connectivity index (χ0) is 21.3. The van der Waals surface area contributed by atoms with Crippen LogP contribution >= 0.6 is 0 Å². The Kier molecular flexibility index (Phi) is 7.17. The Labute approximate surface area is 173 Å². The highest BCUT2D eigenvalue weighted by molar-refractivity contribution is 5.93. The molecule has 1 N–H and O–H groups in total. The van der Waals surface area contributed by atoms with Crippen molar-refractivity contribution in [3.05, 3.63) is 58.1 Å². The van der Waals surface area contributed by atoms with Crippen LogP contribution in [0.25, 0.3) is 0 Å². The molecule has 1 aliphatic rings. The monoisotopic (exact) mass is 414 g/mol. The van der Waals surface area contributed by atoms with Gasteiger partial charge in [0.05, 0.1) is 37.1 Å². The van der Waals surface area contributed by atoms with Gasteiger partial charge < -0.3 is 24.5 Å². The van der Waals surface area contributed by atoms with Crippen molar-refractivity contribution in [2.24, 2.45) is 5.16 Å². The molecule has 0 unspecified atom stereocenters. The van der Waals surface area contributed by atoms with Gasteiger partial charge in [-0.25, -0.2) is 0 Å². The first kappa shape index (κ1) is 21.1. The molecular weight excluding hydrogens is 392 g/mol. The fourth-order valence-electron chi connectivity index (χ4n) is 2.97. The number of benzene rings is 2. The molecule has 2 aromatic rings. The number of carbonyl (C=O) groups is 1. The number of nitrogens with zero attached hydrogens (tertiary/aromatic N) is 3. The van der Waals surface area contributed by atoms with E-state index < -0.39 is 10.8 Å². The van der Waals surface area contributed by atoms with E-state index in [-0.39, 0.29) is 12.3 Å². The minimum absolute atomic E-state index is 0.0187. The molecular formula is C20H22N4O6. The summed E-state index contributed by atoms with van der Waals surface area (Å²) in [6.07, 6.45) is 1.33. The molecule has 10 nitrogen and oxygen atoms in total. The fraction of sp³-hybridized carbons (Fsp3) is 0.300. The third-order valence-corrected chi connectivity index (χ3v) is 4.40. The third-order valence-electron chi connectivity index (χ3n) is 4.40. The molecule has 0 spiro atoms. The van der Waals surface area contributed by atoms with Crippen LogP contribution in [0, 0.1) is 10.1 Å². The van der Waals surface area contributed by atoms with E-state index in [4.69, 9.17) is 14.3 Å². The second-order valence-corrected chi connectivity index (χ2v) is 6.36. The Bertz CT molecular complexity index is 927. The second-order valence-electron chi connectivity index (χ2n) is 6.36. The van der Waals surface area contributed by atoms with Crippen molar-refractivity contribution in [1.29, 1.82) is 0 Å². The molecule has 10 heteroatoms. The van der Waals surface area contributed by atoms with Crippen LogP contribution in [0.4, 0.5) is 17.1 Å². The molecule has 3 rings (SSSR count). The number of nitro benzene ring substituents is 1. The highest BCUT2D eigenvalue weighted by Gasteiger charge is 2.21. The molecule has 2 aromatic carbocycles. The summed E-state index contributed by atoms with van der Waals surface area (Å²) in [4.78, 5) is 30.0. The van der Waals surface area contributed by atoms with E-state index >= 15 is 0 Å². The van der Waals surface area contributed by atoms with Gasteiger partial charge in [0, 0.05) is 24.7 Å². The Hall–Kier alpha value is -3.66. The minimum atomic E-state index is -0.427. The number of hydrogen-bond donors (Lipinski definition) is 1. The number of hydrogen-bond acceptors (Lipinski definition) is 8. The number of morpholine rings is 1. The first-order valence-electron chi connectivity index (χ1n) is 9.28. The summed E-state index contributed by atoms with van der Waals surface area (Å²) in [5.74, 6) is 0.118. The Morgan fingerprint density at radius 3 is 2.80 bits per heavy atom. The highest BCUT2D eigenvalue weighted by Crippen LogP contribution is 2.29. The van der Waals surface area contributed by atoms with Crippen LogP contribution < -0.4 is 15.0 Å². The van der Waals surface area contributed by atoms with Crippen molar-refractivity contribution < 1.29 is 24.0 Å². The van der Waals surface area contributed by atoms with Crippen molar-refractivity contribution in [2.75, 3.05) is 50.2 Å². The van der Waals surface area contributed by atoms with Gasteiger partial charge >= 0.3 is 0 Å². The zero-order valence-corrected chi connectivity index (χ0v) is 16.4. The summed E-state index contributed by atoms with van der Waals surface area (Å²) in [7, 11) is 1.51. The summed E-state index contributed by atoms with van der Waals surface area (Å²) in [5, 5.41) is 17.9. The Balaban J connectivity index is 1.58. The van der Waals surface area contributed by atoms with Gasteiger partial charge in [0.15, 0.2) is 6.61 Å². The van der Waals surface area contributed by atoms with Crippen molar-refractivity contribution >= 4 is 29.2 Å². The predicted molar refractivity (Wildman–Crippen MR) is 111 cm³/mol. The number of rotatable bonds is 8. The summed E-state index contributed by atoms with van der Waals surface area (Å²) in [5.41, 5.74) is 1.53. The summed E-state index contributed by atoms with van der Waals surface area (Å²) >= 11 is 0. The normalized spacial score (nSPS) is 13.8. The van der Waals surface area contributed by atoms with E-state index in [1.54, 1.807) is 36.4 Å². The summed E-state index contributed by atoms with van der Waals surface area (Å²) in [6.45, 7) is 1.94. The van der Waals surface area contributed by atoms with Gasteiger partial charge in [-0.1, -0.05) is 23.4 Å². The quantitative estimate of drug-likeness (QED) is 0.401. The highest BCUT2D eigenvalue weighted by atomic mass is 16.6. The van der Waals surface area contributed by atoms with Crippen LogP contribution in [0.3, 0.4) is 0 Å². The van der Waals surface area contributed by atoms with Crippen LogP contribution in [0.15, 0.2) is 47.6 Å². The van der Waals surface area contributed by atoms with Gasteiger partial charge in [-0.05, 0) is 18.2 Å². The van der Waals surface area contributed by atoms with E-state index in [2.05, 4.69) is 10.5 Å². The number of oxime groups is 1. The lowest BCUT2D eigenvalue weighted by molar-refractivity contribution is -0.384. The third kappa shape index (κ3) is 5.45. The van der Waals surface area contributed by atoms with Gasteiger partial charge in [0.2, 0.25) is 0 Å². The van der Waals surface area contributed by atoms with Gasteiger partial charge in [-0.15, -0.1) is 0 Å². The number of carbonyl (C=O) groups excluding carboxylic acids is 1. The lowest BCUT2D eigenvalue weighted by Crippen LogP contribution is -2.36. The predicted octanol–water partition coefficient (Wildman–Crippen LogP) is 2.43. The minimum Gasteiger partial charge on any atom is -0.495 e. The largest absolute Gasteiger partial charge is 0.495 e. The molecule has 0 bridgehead atoms. The van der Waals surface area contributed by atoms with E-state index in [9.17, 15) is 14.9 Å². The molecule has 30 heavy (non-hydrogen) atoms. The lowest BCUT2D eigenvalue weighted by atomic mass is 10.1. The maximum atomic E-state index is 12.0. The SMILES string of the molecule is COc1ccccc1NC(=O)CO/N=C\c1ccc(N2CCOCC2)c([N+](=O)[O-])c1. The molecule has 0 saturated carbocycles. The fourth-order valence-corrected chi connectivity index (χ4v) is 2.97. The average Bonchev–Trinajstić information content (AvgIpc) is 2.77. The number of anilines is 2. The standard InChI is InChI=1S/C20H22N4O6/c1-28-19-5-3-2-4-16(19)22-20(25)14-30-21-13-15-6-7-17(18(12-15)24(26)27)23-8-10-29-11-9-23/h2-7,12-13H,8-11,14H2,1H3,(H,22,25)/b21-13-. The molecule has 1 fully saturated rings. The molecule has 0 aromatic heterocycles. The van der Waals surface area contributed by atoms with E-state index in [0.717, 1.165) is 0 Å². The molecule has 1 amide bonds. The van der Waals surface area contributed by atoms with Crippen LogP contribution in [-0.2, 0) is 14.4 Å². The molecule has 0 atom stereocenters. The number of ether oxygens (including phenoxy) is 2. The van der Waals surface area contributed by atoms with Crippen LogP contribution in [-0.4, -0.2) is 57.1 Å². The summed E-state index contributed by atoms with van der Waals surface area (Å²) < 4.78 is 10.5. The number of methoxy groups -OCH3 is 1. The van der Waals surface area contributed by atoms with Crippen molar-refractivity contribution in [2.45, 2.75) is 0 Å². The number of para-hydroxylation sites is 2. The summed E-state index contributed by atoms with van der Waals surface area (Å²) in [6, 6.07) is 11.8. The number of amides is 1. The van der Waals surface area contributed by atoms with Crippen molar-refractivity contribution in [3.8, 4) is 5.75 Å². The first-order valence-corrected chi connectivity index (χ1v) is 9.28. The van der Waals surface area contributed by atoms with Gasteiger partial charge in [0.25, 0.3) is 11.6 Å². The number of nitro groups is 1. The Morgan fingerprint density at radius 2 is 2.07 bits per heavy atom. The Morgan fingerprint density at radius 1 is 1.30 bits per heavy atom. The van der Waals surface area contributed by atoms with Crippen LogP contribution in [0.1, 0.15) is 5.56 Å². The smallest absolute Gasteiger partial charge is 0.293 e. The maximum Gasteiger partial charge on any atom is 0.293 e. The van der Waals surface area contributed by atoms with Crippen LogP contribution in [0.2, 0.25) is 0 Å². The van der Waals surface area contributed by atoms with Crippen LogP contribution in [0.5, 0.6) is 5.75 Å². The molecule has 158 valence electrons. The van der Waals surface area contributed by atoms with E-state index in [1.165, 1.54) is 19.4 Å². The molecule has 1 heterocycles. The maximum absolute atomic E-state index is 12.0. The topological polar surface area (TPSA) is 116 Å². The van der Waals surface area contributed by atoms with E-state index in [0.29, 0.717) is 49.0 Å².